The summed E-state index contributed by atoms with van der Waals surface area (Å²) in [6, 6.07) is 6.74. The number of rotatable bonds is 8. The van der Waals surface area contributed by atoms with E-state index in [1.807, 2.05) is 24.7 Å². The number of hydrogen-bond donors (Lipinski definition) is 1. The van der Waals surface area contributed by atoms with Gasteiger partial charge in [0.05, 0.1) is 18.4 Å². The number of pyridine rings is 2. The molecule has 0 aromatic carbocycles. The van der Waals surface area contributed by atoms with E-state index in [1.165, 1.54) is 17.5 Å². The molecule has 0 amide bonds. The minimum atomic E-state index is 0.326. The molecular weight excluding hydrogens is 326 g/mol. The van der Waals surface area contributed by atoms with Crippen LogP contribution >= 0.6 is 0 Å². The normalized spacial score (nSPS) is 25.0. The Morgan fingerprint density at radius 2 is 1.96 bits per heavy atom. The predicted molar refractivity (Wildman–Crippen MR) is 100 cm³/mol. The Morgan fingerprint density at radius 3 is 2.77 bits per heavy atom. The van der Waals surface area contributed by atoms with E-state index >= 15 is 0 Å². The van der Waals surface area contributed by atoms with Crippen LogP contribution in [0.4, 0.5) is 0 Å². The Labute approximate surface area is 155 Å². The SMILES string of the molecule is c1cncc(C[C@H]2CC[C@H](CCc3cncc(OC[C@@H]4CCN4)c3)O2)c1. The van der Waals surface area contributed by atoms with Crippen molar-refractivity contribution in [2.45, 2.75) is 56.8 Å². The van der Waals surface area contributed by atoms with Crippen molar-refractivity contribution in [2.24, 2.45) is 0 Å². The third kappa shape index (κ3) is 4.80. The highest BCUT2D eigenvalue weighted by Gasteiger charge is 2.25. The molecule has 0 bridgehead atoms. The van der Waals surface area contributed by atoms with Crippen LogP contribution in [-0.2, 0) is 17.6 Å². The number of aromatic nitrogens is 2. The first-order valence-corrected chi connectivity index (χ1v) is 9.69. The van der Waals surface area contributed by atoms with E-state index < -0.39 is 0 Å². The van der Waals surface area contributed by atoms with Gasteiger partial charge >= 0.3 is 0 Å². The van der Waals surface area contributed by atoms with Crippen molar-refractivity contribution >= 4 is 0 Å². The van der Waals surface area contributed by atoms with Crippen molar-refractivity contribution in [1.82, 2.24) is 15.3 Å². The summed E-state index contributed by atoms with van der Waals surface area (Å²) in [6.45, 7) is 1.84. The number of nitrogens with one attached hydrogen (secondary N) is 1. The first-order chi connectivity index (χ1) is 12.8. The van der Waals surface area contributed by atoms with Crippen molar-refractivity contribution in [3.63, 3.8) is 0 Å². The predicted octanol–water partition coefficient (Wildman–Crippen LogP) is 2.94. The van der Waals surface area contributed by atoms with E-state index in [9.17, 15) is 0 Å². The number of aryl methyl sites for hydroxylation is 1. The van der Waals surface area contributed by atoms with Gasteiger partial charge in [0, 0.05) is 31.1 Å². The third-order valence-corrected chi connectivity index (χ3v) is 5.28. The zero-order valence-corrected chi connectivity index (χ0v) is 15.1. The van der Waals surface area contributed by atoms with Crippen molar-refractivity contribution in [2.75, 3.05) is 13.2 Å². The van der Waals surface area contributed by atoms with Gasteiger partial charge in [-0.1, -0.05) is 6.07 Å². The van der Waals surface area contributed by atoms with Crippen molar-refractivity contribution in [3.8, 4) is 5.75 Å². The van der Waals surface area contributed by atoms with Gasteiger partial charge in [-0.2, -0.15) is 0 Å². The molecule has 138 valence electrons. The fourth-order valence-electron chi connectivity index (χ4n) is 3.62. The molecule has 4 heterocycles. The van der Waals surface area contributed by atoms with Crippen molar-refractivity contribution in [3.05, 3.63) is 54.1 Å². The molecule has 2 aliphatic rings. The molecule has 2 aromatic rings. The lowest BCUT2D eigenvalue weighted by Crippen LogP contribution is -2.46. The molecule has 0 spiro atoms. The molecule has 0 saturated carbocycles. The molecule has 0 unspecified atom stereocenters. The second kappa shape index (κ2) is 8.60. The lowest BCUT2D eigenvalue weighted by molar-refractivity contribution is 0.0412. The first-order valence-electron chi connectivity index (χ1n) is 9.69. The first kappa shape index (κ1) is 17.4. The van der Waals surface area contributed by atoms with E-state index in [0.717, 1.165) is 51.0 Å². The smallest absolute Gasteiger partial charge is 0.137 e. The lowest BCUT2D eigenvalue weighted by atomic mass is 10.0. The summed E-state index contributed by atoms with van der Waals surface area (Å²) in [5, 5.41) is 3.35. The number of hydrogen-bond acceptors (Lipinski definition) is 5. The summed E-state index contributed by atoms with van der Waals surface area (Å²) in [7, 11) is 0. The van der Waals surface area contributed by atoms with Gasteiger partial charge in [0.25, 0.3) is 0 Å². The maximum Gasteiger partial charge on any atom is 0.137 e. The zero-order chi connectivity index (χ0) is 17.6. The molecule has 4 rings (SSSR count). The third-order valence-electron chi connectivity index (χ3n) is 5.28. The standard InChI is InChI=1S/C21H27N3O2/c1-2-16(12-22-8-1)10-20-6-5-19(26-20)4-3-17-11-21(14-23-13-17)25-15-18-7-9-24-18/h1-2,8,11-14,18-20,24H,3-7,9-10,15H2/t18-,19-,20+/m0/s1. The minimum absolute atomic E-state index is 0.326. The van der Waals surface area contributed by atoms with Crippen LogP contribution in [0.1, 0.15) is 36.8 Å². The molecule has 2 aliphatic heterocycles. The zero-order valence-electron chi connectivity index (χ0n) is 15.1. The molecule has 26 heavy (non-hydrogen) atoms. The van der Waals surface area contributed by atoms with Crippen LogP contribution < -0.4 is 10.1 Å². The molecule has 2 saturated heterocycles. The molecule has 2 fully saturated rings. The van der Waals surface area contributed by atoms with Crippen LogP contribution in [0.3, 0.4) is 0 Å². The Morgan fingerprint density at radius 1 is 1.08 bits per heavy atom. The Hall–Kier alpha value is -1.98. The van der Waals surface area contributed by atoms with Crippen LogP contribution in [-0.4, -0.2) is 41.4 Å². The molecular formula is C21H27N3O2. The monoisotopic (exact) mass is 353 g/mol. The number of ether oxygens (including phenoxy) is 2. The van der Waals surface area contributed by atoms with Crippen LogP contribution in [0.2, 0.25) is 0 Å². The average Bonchev–Trinajstić information content (AvgIpc) is 3.07. The fourth-order valence-corrected chi connectivity index (χ4v) is 3.62. The summed E-state index contributed by atoms with van der Waals surface area (Å²) in [4.78, 5) is 8.52. The van der Waals surface area contributed by atoms with E-state index in [4.69, 9.17) is 9.47 Å². The van der Waals surface area contributed by atoms with Gasteiger partial charge in [0.1, 0.15) is 12.4 Å². The quantitative estimate of drug-likeness (QED) is 0.791. The molecule has 0 aliphatic carbocycles. The van der Waals surface area contributed by atoms with Gasteiger partial charge in [-0.3, -0.25) is 9.97 Å². The molecule has 5 nitrogen and oxygen atoms in total. The molecule has 2 aromatic heterocycles. The summed E-state index contributed by atoms with van der Waals surface area (Å²) >= 11 is 0. The second-order valence-electron chi connectivity index (χ2n) is 7.34. The fraction of sp³-hybridized carbons (Fsp3) is 0.524. The van der Waals surface area contributed by atoms with Gasteiger partial charge in [-0.05, 0) is 61.9 Å². The van der Waals surface area contributed by atoms with E-state index in [2.05, 4.69) is 27.4 Å². The average molecular weight is 353 g/mol. The van der Waals surface area contributed by atoms with Gasteiger partial charge in [-0.15, -0.1) is 0 Å². The maximum absolute atomic E-state index is 6.23. The molecule has 0 radical (unpaired) electrons. The summed E-state index contributed by atoms with van der Waals surface area (Å²) in [5.74, 6) is 0.873. The summed E-state index contributed by atoms with van der Waals surface area (Å²) < 4.78 is 12.1. The Kier molecular flexibility index (Phi) is 5.77. The molecule has 5 heteroatoms. The van der Waals surface area contributed by atoms with E-state index in [0.29, 0.717) is 18.2 Å². The van der Waals surface area contributed by atoms with Crippen LogP contribution in [0.15, 0.2) is 43.0 Å². The van der Waals surface area contributed by atoms with Crippen molar-refractivity contribution < 1.29 is 9.47 Å². The van der Waals surface area contributed by atoms with Crippen molar-refractivity contribution in [1.29, 1.82) is 0 Å². The highest BCUT2D eigenvalue weighted by Crippen LogP contribution is 2.26. The largest absolute Gasteiger partial charge is 0.490 e. The van der Waals surface area contributed by atoms with Crippen LogP contribution in [0.5, 0.6) is 5.75 Å². The molecule has 1 N–H and O–H groups in total. The van der Waals surface area contributed by atoms with Gasteiger partial charge in [-0.25, -0.2) is 0 Å². The summed E-state index contributed by atoms with van der Waals surface area (Å²) in [5.41, 5.74) is 2.48. The van der Waals surface area contributed by atoms with Crippen LogP contribution in [0, 0.1) is 0 Å². The lowest BCUT2D eigenvalue weighted by Gasteiger charge is -2.27. The second-order valence-corrected chi connectivity index (χ2v) is 7.34. The van der Waals surface area contributed by atoms with Gasteiger partial charge < -0.3 is 14.8 Å². The summed E-state index contributed by atoms with van der Waals surface area (Å²) in [6.07, 6.45) is 14.6. The number of nitrogens with zero attached hydrogens (tertiary/aromatic N) is 2. The van der Waals surface area contributed by atoms with E-state index in [-0.39, 0.29) is 0 Å². The topological polar surface area (TPSA) is 56.3 Å². The molecule has 3 atom stereocenters. The maximum atomic E-state index is 6.23. The highest BCUT2D eigenvalue weighted by atomic mass is 16.5. The van der Waals surface area contributed by atoms with E-state index in [1.54, 1.807) is 6.20 Å². The van der Waals surface area contributed by atoms with Crippen LogP contribution in [0.25, 0.3) is 0 Å². The highest BCUT2D eigenvalue weighted by molar-refractivity contribution is 5.24. The minimum Gasteiger partial charge on any atom is -0.490 e. The Balaban J connectivity index is 1.21. The Bertz CT molecular complexity index is 691. The van der Waals surface area contributed by atoms with Gasteiger partial charge in [0.15, 0.2) is 0 Å². The van der Waals surface area contributed by atoms with Gasteiger partial charge in [0.2, 0.25) is 0 Å².